The van der Waals surface area contributed by atoms with Crippen LogP contribution in [0.1, 0.15) is 50.4 Å². The van der Waals surface area contributed by atoms with Crippen LogP contribution in [0.15, 0.2) is 72.9 Å². The van der Waals surface area contributed by atoms with Gasteiger partial charge in [0.15, 0.2) is 11.5 Å². The Morgan fingerprint density at radius 2 is 1.65 bits per heavy atom. The molecular weight excluding hydrogens is 635 g/mol. The number of carbonyl (C=O) groups excluding carboxylic acids is 1. The van der Waals surface area contributed by atoms with Gasteiger partial charge in [0.1, 0.15) is 11.9 Å². The van der Waals surface area contributed by atoms with E-state index in [-0.39, 0.29) is 12.5 Å². The SMILES string of the molecule is CCOc1cc(C(Nc2ccc3c(N)nccc3c2)C(=O)N[C@H](CC(=O)O)c2cccc(N)c2)ccc1OC(C)C.O=C(O)C(F)(F)F. The maximum atomic E-state index is 13.9. The van der Waals surface area contributed by atoms with Gasteiger partial charge in [0.05, 0.1) is 25.2 Å². The third-order valence-corrected chi connectivity index (χ3v) is 6.58. The predicted molar refractivity (Wildman–Crippen MR) is 174 cm³/mol. The van der Waals surface area contributed by atoms with Crippen LogP contribution >= 0.6 is 0 Å². The van der Waals surface area contributed by atoms with Crippen LogP contribution in [0.3, 0.4) is 0 Å². The summed E-state index contributed by atoms with van der Waals surface area (Å²) in [6.07, 6.45) is -3.86. The molecule has 8 N–H and O–H groups in total. The Labute approximate surface area is 273 Å². The highest BCUT2D eigenvalue weighted by Gasteiger charge is 2.38. The number of aliphatic carboxylic acids is 2. The molecular formula is C33H36F3N5O7. The Morgan fingerprint density at radius 1 is 0.938 bits per heavy atom. The summed E-state index contributed by atoms with van der Waals surface area (Å²) >= 11 is 0. The zero-order chi connectivity index (χ0) is 35.6. The molecule has 15 heteroatoms. The highest BCUT2D eigenvalue weighted by molar-refractivity contribution is 5.94. The highest BCUT2D eigenvalue weighted by atomic mass is 19.4. The number of carbonyl (C=O) groups is 3. The van der Waals surface area contributed by atoms with Gasteiger partial charge in [-0.1, -0.05) is 18.2 Å². The van der Waals surface area contributed by atoms with Crippen molar-refractivity contribution in [1.29, 1.82) is 0 Å². The van der Waals surface area contributed by atoms with Crippen LogP contribution in [0.4, 0.5) is 30.4 Å². The minimum Gasteiger partial charge on any atom is -0.490 e. The molecule has 48 heavy (non-hydrogen) atoms. The number of nitrogens with zero attached hydrogens (tertiary/aromatic N) is 1. The topological polar surface area (TPSA) is 199 Å². The summed E-state index contributed by atoms with van der Waals surface area (Å²) in [7, 11) is 0. The van der Waals surface area contributed by atoms with E-state index in [1.54, 1.807) is 48.7 Å². The van der Waals surface area contributed by atoms with E-state index >= 15 is 0 Å². The number of aromatic nitrogens is 1. The fraction of sp³-hybridized carbons (Fsp3) is 0.273. The molecule has 4 aromatic rings. The van der Waals surface area contributed by atoms with Gasteiger partial charge in [-0.05, 0) is 85.8 Å². The van der Waals surface area contributed by atoms with E-state index in [2.05, 4.69) is 15.6 Å². The van der Waals surface area contributed by atoms with Crippen LogP contribution in [0, 0.1) is 0 Å². The third-order valence-electron chi connectivity index (χ3n) is 6.58. The van der Waals surface area contributed by atoms with Gasteiger partial charge in [0, 0.05) is 23.0 Å². The first kappa shape index (κ1) is 36.7. The molecule has 2 atom stereocenters. The molecule has 0 aliphatic heterocycles. The van der Waals surface area contributed by atoms with Crippen LogP contribution in [-0.2, 0) is 14.4 Å². The molecule has 0 radical (unpaired) electrons. The smallest absolute Gasteiger partial charge is 0.490 e. The zero-order valence-corrected chi connectivity index (χ0v) is 26.2. The number of hydrogen-bond acceptors (Lipinski definition) is 9. The Kier molecular flexibility index (Phi) is 12.4. The zero-order valence-electron chi connectivity index (χ0n) is 26.2. The number of nitrogen functional groups attached to an aromatic ring is 2. The van der Waals surface area contributed by atoms with Crippen LogP contribution in [0.5, 0.6) is 11.5 Å². The first-order valence-electron chi connectivity index (χ1n) is 14.6. The molecule has 0 aliphatic carbocycles. The van der Waals surface area contributed by atoms with E-state index in [1.807, 2.05) is 45.0 Å². The number of fused-ring (bicyclic) bond motifs is 1. The van der Waals surface area contributed by atoms with E-state index in [0.717, 1.165) is 10.8 Å². The monoisotopic (exact) mass is 671 g/mol. The maximum Gasteiger partial charge on any atom is 0.490 e. The summed E-state index contributed by atoms with van der Waals surface area (Å²) in [6, 6.07) is 17.7. The normalized spacial score (nSPS) is 12.3. The number of ether oxygens (including phenoxy) is 2. The Hall–Kier alpha value is -5.73. The van der Waals surface area contributed by atoms with Crippen molar-refractivity contribution in [2.24, 2.45) is 0 Å². The molecule has 1 heterocycles. The molecule has 0 saturated carbocycles. The van der Waals surface area contributed by atoms with Gasteiger partial charge in [-0.3, -0.25) is 9.59 Å². The average Bonchev–Trinajstić information content (AvgIpc) is 3.00. The molecule has 0 fully saturated rings. The van der Waals surface area contributed by atoms with Crippen LogP contribution in [0.2, 0.25) is 0 Å². The fourth-order valence-electron chi connectivity index (χ4n) is 4.54. The molecule has 0 saturated heterocycles. The molecule has 0 bridgehead atoms. The van der Waals surface area contributed by atoms with Crippen molar-refractivity contribution < 1.29 is 47.2 Å². The van der Waals surface area contributed by atoms with Crippen LogP contribution in [0.25, 0.3) is 10.8 Å². The highest BCUT2D eigenvalue weighted by Crippen LogP contribution is 2.34. The van der Waals surface area contributed by atoms with Crippen molar-refractivity contribution in [2.45, 2.75) is 51.6 Å². The van der Waals surface area contributed by atoms with Crippen molar-refractivity contribution in [3.63, 3.8) is 0 Å². The number of rotatable bonds is 12. The summed E-state index contributed by atoms with van der Waals surface area (Å²) in [5.41, 5.74) is 14.3. The van der Waals surface area contributed by atoms with Gasteiger partial charge in [0.25, 0.3) is 0 Å². The van der Waals surface area contributed by atoms with Gasteiger partial charge in [-0.25, -0.2) is 9.78 Å². The number of carboxylic acid groups (broad SMARTS) is 2. The Morgan fingerprint density at radius 3 is 2.25 bits per heavy atom. The minimum absolute atomic E-state index is 0.0770. The molecule has 1 amide bonds. The van der Waals surface area contributed by atoms with E-state index in [9.17, 15) is 27.9 Å². The molecule has 1 unspecified atom stereocenters. The number of halogens is 3. The Bertz CT molecular complexity index is 1750. The number of carboxylic acids is 2. The van der Waals surface area contributed by atoms with Gasteiger partial charge < -0.3 is 41.8 Å². The molecule has 12 nitrogen and oxygen atoms in total. The summed E-state index contributed by atoms with van der Waals surface area (Å²) in [5, 5.41) is 24.6. The lowest BCUT2D eigenvalue weighted by molar-refractivity contribution is -0.192. The fourth-order valence-corrected chi connectivity index (χ4v) is 4.54. The number of amides is 1. The minimum atomic E-state index is -5.08. The Balaban J connectivity index is 0.000000804. The van der Waals surface area contributed by atoms with Crippen LogP contribution in [-0.4, -0.2) is 51.9 Å². The van der Waals surface area contributed by atoms with E-state index in [4.69, 9.17) is 30.8 Å². The molecule has 256 valence electrons. The second-order valence-electron chi connectivity index (χ2n) is 10.6. The molecule has 1 aromatic heterocycles. The van der Waals surface area contributed by atoms with Gasteiger partial charge in [0.2, 0.25) is 5.91 Å². The van der Waals surface area contributed by atoms with E-state index < -0.39 is 36.1 Å². The first-order chi connectivity index (χ1) is 22.6. The van der Waals surface area contributed by atoms with Crippen molar-refractivity contribution in [1.82, 2.24) is 10.3 Å². The lowest BCUT2D eigenvalue weighted by Gasteiger charge is -2.25. The van der Waals surface area contributed by atoms with Crippen molar-refractivity contribution in [2.75, 3.05) is 23.4 Å². The van der Waals surface area contributed by atoms with Crippen molar-refractivity contribution in [3.8, 4) is 11.5 Å². The molecule has 0 aliphatic rings. The largest absolute Gasteiger partial charge is 0.490 e. The third kappa shape index (κ3) is 10.4. The van der Waals surface area contributed by atoms with E-state index in [1.165, 1.54) is 0 Å². The summed E-state index contributed by atoms with van der Waals surface area (Å²) < 4.78 is 43.5. The van der Waals surface area contributed by atoms with Crippen LogP contribution < -0.4 is 31.6 Å². The lowest BCUT2D eigenvalue weighted by atomic mass is 10.00. The van der Waals surface area contributed by atoms with Gasteiger partial charge in [-0.2, -0.15) is 13.2 Å². The first-order valence-corrected chi connectivity index (χ1v) is 14.6. The number of hydrogen-bond donors (Lipinski definition) is 6. The molecule has 3 aromatic carbocycles. The lowest BCUT2D eigenvalue weighted by Crippen LogP contribution is -2.37. The molecule has 4 rings (SSSR count). The summed E-state index contributed by atoms with van der Waals surface area (Å²) in [4.78, 5) is 38.7. The summed E-state index contributed by atoms with van der Waals surface area (Å²) in [6.45, 7) is 6.11. The number of anilines is 3. The second-order valence-corrected chi connectivity index (χ2v) is 10.6. The van der Waals surface area contributed by atoms with E-state index in [0.29, 0.717) is 46.4 Å². The van der Waals surface area contributed by atoms with Crippen molar-refractivity contribution >= 4 is 45.8 Å². The van der Waals surface area contributed by atoms with Gasteiger partial charge >= 0.3 is 18.1 Å². The number of pyridine rings is 1. The molecule has 0 spiro atoms. The standard InChI is InChI=1S/C31H35N5O5.C2HF3O2/c1-4-40-27-16-21(8-11-26(27)41-18(2)3)29(35-23-9-10-24-19(15-23)12-13-34-30(24)33)31(39)36-25(17-28(37)38)20-6-5-7-22(32)14-20;3-2(4,5)1(6)7/h5-16,18,25,29,35H,4,17,32H2,1-3H3,(H2,33,34)(H,36,39)(H,37,38);(H,6,7)/t25-,29?;/m1./s1. The number of benzene rings is 3. The number of alkyl halides is 3. The number of nitrogens with two attached hydrogens (primary N) is 2. The predicted octanol–water partition coefficient (Wildman–Crippen LogP) is 5.70. The average molecular weight is 672 g/mol. The summed E-state index contributed by atoms with van der Waals surface area (Å²) in [5.74, 6) is -2.79. The number of nitrogens with one attached hydrogen (secondary N) is 2. The quantitative estimate of drug-likeness (QED) is 0.101. The van der Waals surface area contributed by atoms with Gasteiger partial charge in [-0.15, -0.1) is 0 Å². The van der Waals surface area contributed by atoms with Crippen molar-refractivity contribution in [3.05, 3.63) is 84.1 Å². The maximum absolute atomic E-state index is 13.9. The second kappa shape index (κ2) is 16.2.